The van der Waals surface area contributed by atoms with Gasteiger partial charge in [-0.1, -0.05) is 6.92 Å². The molecule has 0 spiro atoms. The van der Waals surface area contributed by atoms with Gasteiger partial charge in [0.1, 0.15) is 10.7 Å². The molecule has 1 fully saturated rings. The third kappa shape index (κ3) is 3.21. The summed E-state index contributed by atoms with van der Waals surface area (Å²) in [7, 11) is 0. The van der Waals surface area contributed by atoms with Crippen molar-refractivity contribution in [2.24, 2.45) is 5.73 Å². The lowest BCUT2D eigenvalue weighted by atomic mass is 9.98. The number of piperidine rings is 1. The van der Waals surface area contributed by atoms with Gasteiger partial charge in [0.2, 0.25) is 0 Å². The molecule has 1 aliphatic rings. The van der Waals surface area contributed by atoms with Crippen LogP contribution in [0.4, 0.5) is 0 Å². The predicted octanol–water partition coefficient (Wildman–Crippen LogP) is 2.64. The summed E-state index contributed by atoms with van der Waals surface area (Å²) in [6.45, 7) is 4.05. The van der Waals surface area contributed by atoms with Gasteiger partial charge in [0.15, 0.2) is 0 Å². The number of likely N-dealkylation sites (tertiary alicyclic amines) is 1. The number of rotatable bonds is 4. The Morgan fingerprint density at radius 1 is 1.41 bits per heavy atom. The second-order valence-electron chi connectivity index (χ2n) is 5.45. The Balaban J connectivity index is 1.70. The van der Waals surface area contributed by atoms with Gasteiger partial charge in [-0.2, -0.15) is 0 Å². The van der Waals surface area contributed by atoms with E-state index in [4.69, 9.17) is 5.73 Å². The third-order valence-corrected chi connectivity index (χ3v) is 5.86. The van der Waals surface area contributed by atoms with Crippen LogP contribution >= 0.6 is 22.7 Å². The minimum atomic E-state index is 0.0212. The Hall–Kier alpha value is -1.31. The van der Waals surface area contributed by atoms with Gasteiger partial charge in [0.05, 0.1) is 10.7 Å². The monoisotopic (exact) mass is 336 g/mol. The lowest BCUT2D eigenvalue weighted by Crippen LogP contribution is -2.39. The van der Waals surface area contributed by atoms with Crippen molar-refractivity contribution < 1.29 is 4.79 Å². The van der Waals surface area contributed by atoms with Crippen LogP contribution in [0.2, 0.25) is 0 Å². The zero-order valence-corrected chi connectivity index (χ0v) is 14.3. The van der Waals surface area contributed by atoms with Crippen molar-refractivity contribution in [1.29, 1.82) is 0 Å². The molecule has 0 saturated carbocycles. The Bertz CT molecular complexity index is 652. The van der Waals surface area contributed by atoms with Gasteiger partial charge in [0.25, 0.3) is 5.91 Å². The van der Waals surface area contributed by atoms with Gasteiger partial charge in [-0.15, -0.1) is 22.7 Å². The molecule has 1 saturated heterocycles. The first-order chi connectivity index (χ1) is 10.7. The van der Waals surface area contributed by atoms with Crippen molar-refractivity contribution in [3.8, 4) is 0 Å². The molecule has 118 valence electrons. The average molecular weight is 336 g/mol. The predicted molar refractivity (Wildman–Crippen MR) is 89.4 cm³/mol. The zero-order valence-electron chi connectivity index (χ0n) is 12.6. The van der Waals surface area contributed by atoms with Crippen LogP contribution < -0.4 is 5.73 Å². The number of nitrogens with two attached hydrogens (primary N) is 1. The molecule has 2 N–H and O–H groups in total. The van der Waals surface area contributed by atoms with E-state index in [1.54, 1.807) is 11.3 Å². The van der Waals surface area contributed by atoms with E-state index in [1.165, 1.54) is 11.3 Å². The van der Waals surface area contributed by atoms with E-state index in [-0.39, 0.29) is 5.91 Å². The van der Waals surface area contributed by atoms with E-state index in [0.29, 0.717) is 18.2 Å². The maximum Gasteiger partial charge on any atom is 0.273 e. The lowest BCUT2D eigenvalue weighted by Gasteiger charge is -2.31. The second kappa shape index (κ2) is 6.85. The number of carbonyl (C=O) groups excluding carboxylic acids is 1. The van der Waals surface area contributed by atoms with Crippen molar-refractivity contribution in [2.75, 3.05) is 13.1 Å². The summed E-state index contributed by atoms with van der Waals surface area (Å²) in [4.78, 5) is 23.5. The van der Waals surface area contributed by atoms with Crippen molar-refractivity contribution in [1.82, 2.24) is 14.9 Å². The maximum absolute atomic E-state index is 12.6. The van der Waals surface area contributed by atoms with Crippen molar-refractivity contribution >= 4 is 28.6 Å². The smallest absolute Gasteiger partial charge is 0.273 e. The number of amides is 1. The minimum absolute atomic E-state index is 0.0212. The molecule has 3 heterocycles. The highest BCUT2D eigenvalue weighted by molar-refractivity contribution is 7.10. The van der Waals surface area contributed by atoms with Crippen LogP contribution in [0.5, 0.6) is 0 Å². The van der Waals surface area contributed by atoms with Crippen LogP contribution in [0, 0.1) is 0 Å². The maximum atomic E-state index is 12.6. The van der Waals surface area contributed by atoms with Crippen LogP contribution in [-0.2, 0) is 13.0 Å². The Morgan fingerprint density at radius 3 is 2.95 bits per heavy atom. The molecule has 3 rings (SSSR count). The molecule has 1 aliphatic heterocycles. The van der Waals surface area contributed by atoms with Crippen molar-refractivity contribution in [3.05, 3.63) is 32.2 Å². The number of aryl methyl sites for hydroxylation is 1. The van der Waals surface area contributed by atoms with Crippen LogP contribution in [0.25, 0.3) is 0 Å². The molecule has 7 heteroatoms. The van der Waals surface area contributed by atoms with E-state index in [1.807, 2.05) is 10.3 Å². The minimum Gasteiger partial charge on any atom is -0.337 e. The summed E-state index contributed by atoms with van der Waals surface area (Å²) in [5, 5.41) is 5.91. The number of nitrogens with zero attached hydrogens (tertiary/aromatic N) is 3. The quantitative estimate of drug-likeness (QED) is 0.931. The third-order valence-electron chi connectivity index (χ3n) is 3.94. The molecule has 0 aromatic carbocycles. The Labute approximate surface area is 138 Å². The van der Waals surface area contributed by atoms with Crippen LogP contribution in [0.3, 0.4) is 0 Å². The standard InChI is InChI=1S/C15H20N4OS2/c1-2-11-8-22-14(17-11)10-4-3-5-19(7-10)15(20)12-9-21-13(6-16)18-12/h8-10H,2-7,16H2,1H3. The van der Waals surface area contributed by atoms with Gasteiger partial charge in [0, 0.05) is 36.3 Å². The van der Waals surface area contributed by atoms with Crippen LogP contribution in [0.1, 0.15) is 51.9 Å². The molecule has 5 nitrogen and oxygen atoms in total. The van der Waals surface area contributed by atoms with Gasteiger partial charge in [-0.25, -0.2) is 9.97 Å². The largest absolute Gasteiger partial charge is 0.337 e. The van der Waals surface area contributed by atoms with Crippen molar-refractivity contribution in [3.63, 3.8) is 0 Å². The van der Waals surface area contributed by atoms with E-state index < -0.39 is 0 Å². The molecule has 0 bridgehead atoms. The van der Waals surface area contributed by atoms with Gasteiger partial charge in [-0.3, -0.25) is 4.79 Å². The van der Waals surface area contributed by atoms with Crippen LogP contribution in [-0.4, -0.2) is 33.9 Å². The summed E-state index contributed by atoms with van der Waals surface area (Å²) >= 11 is 3.17. The SMILES string of the molecule is CCc1csc(C2CCCN(C(=O)c3csc(CN)n3)C2)n1. The first kappa shape index (κ1) is 15.6. The van der Waals surface area contributed by atoms with Crippen molar-refractivity contribution in [2.45, 2.75) is 38.6 Å². The molecule has 0 radical (unpaired) electrons. The van der Waals surface area contributed by atoms with Gasteiger partial charge in [-0.05, 0) is 19.3 Å². The summed E-state index contributed by atoms with van der Waals surface area (Å²) in [6, 6.07) is 0. The Kier molecular flexibility index (Phi) is 4.85. The molecule has 0 aliphatic carbocycles. The fourth-order valence-corrected chi connectivity index (χ4v) is 4.38. The van der Waals surface area contributed by atoms with Crippen LogP contribution in [0.15, 0.2) is 10.8 Å². The first-order valence-corrected chi connectivity index (χ1v) is 9.35. The molecular formula is C15H20N4OS2. The molecule has 22 heavy (non-hydrogen) atoms. The fraction of sp³-hybridized carbons (Fsp3) is 0.533. The highest BCUT2D eigenvalue weighted by Crippen LogP contribution is 2.30. The fourth-order valence-electron chi connectivity index (χ4n) is 2.70. The number of aromatic nitrogens is 2. The summed E-state index contributed by atoms with van der Waals surface area (Å²) in [6.07, 6.45) is 3.09. The molecule has 1 unspecified atom stereocenters. The highest BCUT2D eigenvalue weighted by atomic mass is 32.1. The number of thiazole rings is 2. The topological polar surface area (TPSA) is 72.1 Å². The highest BCUT2D eigenvalue weighted by Gasteiger charge is 2.28. The Morgan fingerprint density at radius 2 is 2.27 bits per heavy atom. The number of hydrogen-bond acceptors (Lipinski definition) is 6. The van der Waals surface area contributed by atoms with Gasteiger partial charge >= 0.3 is 0 Å². The van der Waals surface area contributed by atoms with Gasteiger partial charge < -0.3 is 10.6 Å². The molecule has 2 aromatic rings. The molecular weight excluding hydrogens is 316 g/mol. The number of hydrogen-bond donors (Lipinski definition) is 1. The average Bonchev–Trinajstić information content (AvgIpc) is 3.23. The first-order valence-electron chi connectivity index (χ1n) is 7.59. The zero-order chi connectivity index (χ0) is 15.5. The van der Waals surface area contributed by atoms with E-state index >= 15 is 0 Å². The second-order valence-corrected chi connectivity index (χ2v) is 7.28. The summed E-state index contributed by atoms with van der Waals surface area (Å²) in [5.74, 6) is 0.378. The number of carbonyl (C=O) groups is 1. The van der Waals surface area contributed by atoms with E-state index in [0.717, 1.165) is 48.1 Å². The van der Waals surface area contributed by atoms with E-state index in [2.05, 4.69) is 22.3 Å². The summed E-state index contributed by atoms with van der Waals surface area (Å²) in [5.41, 5.74) is 7.25. The lowest BCUT2D eigenvalue weighted by molar-refractivity contribution is 0.0701. The summed E-state index contributed by atoms with van der Waals surface area (Å²) < 4.78 is 0. The molecule has 2 aromatic heterocycles. The molecule has 1 atom stereocenters. The molecule has 1 amide bonds. The van der Waals surface area contributed by atoms with E-state index in [9.17, 15) is 4.79 Å². The normalized spacial score (nSPS) is 18.6.